The van der Waals surface area contributed by atoms with E-state index in [2.05, 4.69) is 20.2 Å². The van der Waals surface area contributed by atoms with Gasteiger partial charge in [-0.2, -0.15) is 0 Å². The first-order valence-electron chi connectivity index (χ1n) is 7.78. The molecule has 0 N–H and O–H groups in total. The summed E-state index contributed by atoms with van der Waals surface area (Å²) in [7, 11) is 1.53. The van der Waals surface area contributed by atoms with Crippen molar-refractivity contribution in [1.82, 2.24) is 25.1 Å². The molecule has 1 atom stereocenters. The monoisotopic (exact) mass is 329 g/mol. The number of aryl methyl sites for hydroxylation is 1. The highest BCUT2D eigenvalue weighted by atomic mass is 16.5. The van der Waals surface area contributed by atoms with Crippen LogP contribution >= 0.6 is 0 Å². The van der Waals surface area contributed by atoms with Crippen molar-refractivity contribution in [3.8, 4) is 11.8 Å². The number of hydrogen-bond acceptors (Lipinski definition) is 7. The number of nitrogens with zero attached hydrogens (tertiary/aromatic N) is 5. The van der Waals surface area contributed by atoms with Gasteiger partial charge in [0.15, 0.2) is 0 Å². The van der Waals surface area contributed by atoms with E-state index in [9.17, 15) is 4.79 Å². The van der Waals surface area contributed by atoms with Gasteiger partial charge >= 0.3 is 0 Å². The Balaban J connectivity index is 1.63. The predicted octanol–water partition coefficient (Wildman–Crippen LogP) is 1.27. The number of aromatic nitrogens is 4. The molecular weight excluding hydrogens is 310 g/mol. The number of rotatable bonds is 4. The number of ether oxygens (including phenoxy) is 2. The van der Waals surface area contributed by atoms with Gasteiger partial charge in [0.1, 0.15) is 11.8 Å². The number of likely N-dealkylation sites (tertiary alicyclic amines) is 1. The number of methoxy groups -OCH3 is 1. The van der Waals surface area contributed by atoms with Gasteiger partial charge in [0.25, 0.3) is 5.91 Å². The van der Waals surface area contributed by atoms with E-state index in [1.807, 2.05) is 6.92 Å². The van der Waals surface area contributed by atoms with Gasteiger partial charge in [0, 0.05) is 24.9 Å². The summed E-state index contributed by atoms with van der Waals surface area (Å²) < 4.78 is 10.8. The Morgan fingerprint density at radius 1 is 1.21 bits per heavy atom. The lowest BCUT2D eigenvalue weighted by Crippen LogP contribution is -2.44. The van der Waals surface area contributed by atoms with Crippen molar-refractivity contribution >= 4 is 5.91 Å². The van der Waals surface area contributed by atoms with Crippen LogP contribution in [-0.2, 0) is 0 Å². The third kappa shape index (κ3) is 3.76. The molecule has 1 unspecified atom stereocenters. The Hall–Kier alpha value is -2.77. The summed E-state index contributed by atoms with van der Waals surface area (Å²) >= 11 is 0. The highest BCUT2D eigenvalue weighted by Gasteiger charge is 2.26. The molecule has 0 saturated carbocycles. The van der Waals surface area contributed by atoms with Gasteiger partial charge in [-0.15, -0.1) is 10.2 Å². The zero-order chi connectivity index (χ0) is 16.9. The first-order chi connectivity index (χ1) is 11.7. The highest BCUT2D eigenvalue weighted by molar-refractivity contribution is 5.92. The fourth-order valence-corrected chi connectivity index (χ4v) is 2.53. The third-order valence-corrected chi connectivity index (χ3v) is 3.78. The maximum absolute atomic E-state index is 12.5. The second-order valence-corrected chi connectivity index (χ2v) is 5.59. The Morgan fingerprint density at radius 3 is 2.67 bits per heavy atom. The summed E-state index contributed by atoms with van der Waals surface area (Å²) in [5.41, 5.74) is 1.13. The fourth-order valence-electron chi connectivity index (χ4n) is 2.53. The van der Waals surface area contributed by atoms with Crippen molar-refractivity contribution in [2.45, 2.75) is 25.9 Å². The molecule has 1 saturated heterocycles. The van der Waals surface area contributed by atoms with Gasteiger partial charge in [0.05, 0.1) is 25.5 Å². The summed E-state index contributed by atoms with van der Waals surface area (Å²) in [6.07, 6.45) is 4.70. The zero-order valence-corrected chi connectivity index (χ0v) is 13.7. The molecule has 0 spiro atoms. The standard InChI is InChI=1S/C16H19N5O3/c1-11-8-18-13(9-17-11)16(22)21-7-3-4-12(10-21)24-15-6-5-14(23-2)19-20-15/h5-6,8-9,12H,3-4,7,10H2,1-2H3. The molecule has 1 aliphatic heterocycles. The van der Waals surface area contributed by atoms with Crippen molar-refractivity contribution in [2.24, 2.45) is 0 Å². The topological polar surface area (TPSA) is 90.3 Å². The Bertz CT molecular complexity index is 690. The molecule has 0 aromatic carbocycles. The van der Waals surface area contributed by atoms with Crippen molar-refractivity contribution in [1.29, 1.82) is 0 Å². The Morgan fingerprint density at radius 2 is 2.00 bits per heavy atom. The normalized spacial score (nSPS) is 17.4. The molecule has 0 bridgehead atoms. The van der Waals surface area contributed by atoms with E-state index < -0.39 is 0 Å². The van der Waals surface area contributed by atoms with Crippen LogP contribution in [0.2, 0.25) is 0 Å². The summed E-state index contributed by atoms with van der Waals surface area (Å²) in [5, 5.41) is 7.83. The maximum atomic E-state index is 12.5. The van der Waals surface area contributed by atoms with Crippen LogP contribution in [0, 0.1) is 6.92 Å². The molecule has 1 amide bonds. The molecule has 3 heterocycles. The lowest BCUT2D eigenvalue weighted by atomic mass is 10.1. The Labute approximate surface area is 139 Å². The van der Waals surface area contributed by atoms with Crippen LogP contribution in [0.4, 0.5) is 0 Å². The van der Waals surface area contributed by atoms with Crippen LogP contribution in [0.25, 0.3) is 0 Å². The molecule has 8 heteroatoms. The lowest BCUT2D eigenvalue weighted by molar-refractivity contribution is 0.0519. The molecule has 1 aliphatic rings. The van der Waals surface area contributed by atoms with Crippen LogP contribution in [0.1, 0.15) is 29.0 Å². The van der Waals surface area contributed by atoms with Crippen LogP contribution in [-0.4, -0.2) is 57.3 Å². The average Bonchev–Trinajstić information content (AvgIpc) is 2.63. The lowest BCUT2D eigenvalue weighted by Gasteiger charge is -2.32. The van der Waals surface area contributed by atoms with Crippen LogP contribution in [0.5, 0.6) is 11.8 Å². The molecule has 0 aliphatic carbocycles. The van der Waals surface area contributed by atoms with Crippen LogP contribution < -0.4 is 9.47 Å². The summed E-state index contributed by atoms with van der Waals surface area (Å²) in [4.78, 5) is 22.5. The molecule has 3 rings (SSSR count). The molecule has 2 aromatic rings. The molecule has 0 radical (unpaired) electrons. The molecule has 126 valence electrons. The largest absolute Gasteiger partial charge is 0.480 e. The Kier molecular flexibility index (Phi) is 4.83. The number of carbonyl (C=O) groups excluding carboxylic acids is 1. The number of carbonyl (C=O) groups is 1. The first kappa shape index (κ1) is 16.1. The fraction of sp³-hybridized carbons (Fsp3) is 0.438. The highest BCUT2D eigenvalue weighted by Crippen LogP contribution is 2.18. The molecule has 2 aromatic heterocycles. The summed E-state index contributed by atoms with van der Waals surface area (Å²) in [5.74, 6) is 0.725. The van der Waals surface area contributed by atoms with E-state index in [1.54, 1.807) is 23.2 Å². The zero-order valence-electron chi connectivity index (χ0n) is 13.7. The number of piperidine rings is 1. The molecule has 1 fully saturated rings. The minimum atomic E-state index is -0.128. The molecule has 8 nitrogen and oxygen atoms in total. The minimum Gasteiger partial charge on any atom is -0.480 e. The third-order valence-electron chi connectivity index (χ3n) is 3.78. The van der Waals surface area contributed by atoms with Gasteiger partial charge in [-0.05, 0) is 19.8 Å². The van der Waals surface area contributed by atoms with E-state index in [1.165, 1.54) is 13.3 Å². The van der Waals surface area contributed by atoms with Crippen molar-refractivity contribution < 1.29 is 14.3 Å². The minimum absolute atomic E-state index is 0.121. The molecule has 24 heavy (non-hydrogen) atoms. The maximum Gasteiger partial charge on any atom is 0.274 e. The second kappa shape index (κ2) is 7.20. The second-order valence-electron chi connectivity index (χ2n) is 5.59. The van der Waals surface area contributed by atoms with Crippen molar-refractivity contribution in [2.75, 3.05) is 20.2 Å². The first-order valence-corrected chi connectivity index (χ1v) is 7.78. The quantitative estimate of drug-likeness (QED) is 0.834. The van der Waals surface area contributed by atoms with Crippen molar-refractivity contribution in [3.63, 3.8) is 0 Å². The van der Waals surface area contributed by atoms with E-state index in [0.29, 0.717) is 30.5 Å². The van der Waals surface area contributed by atoms with Crippen LogP contribution in [0.15, 0.2) is 24.5 Å². The van der Waals surface area contributed by atoms with E-state index in [4.69, 9.17) is 9.47 Å². The summed E-state index contributed by atoms with van der Waals surface area (Å²) in [6.45, 7) is 3.01. The van der Waals surface area contributed by atoms with E-state index >= 15 is 0 Å². The van der Waals surface area contributed by atoms with Gasteiger partial charge < -0.3 is 14.4 Å². The number of amides is 1. The van der Waals surface area contributed by atoms with Crippen LogP contribution in [0.3, 0.4) is 0 Å². The van der Waals surface area contributed by atoms with Gasteiger partial charge in [-0.1, -0.05) is 0 Å². The smallest absolute Gasteiger partial charge is 0.274 e. The predicted molar refractivity (Wildman–Crippen MR) is 84.9 cm³/mol. The van der Waals surface area contributed by atoms with Gasteiger partial charge in [-0.25, -0.2) is 4.98 Å². The SMILES string of the molecule is COc1ccc(OC2CCCN(C(=O)c3cnc(C)cn3)C2)nn1. The number of hydrogen-bond donors (Lipinski definition) is 0. The van der Waals surface area contributed by atoms with Gasteiger partial charge in [0.2, 0.25) is 11.8 Å². The van der Waals surface area contributed by atoms with E-state index in [0.717, 1.165) is 18.5 Å². The van der Waals surface area contributed by atoms with Crippen molar-refractivity contribution in [3.05, 3.63) is 35.9 Å². The average molecular weight is 329 g/mol. The molecular formula is C16H19N5O3. The van der Waals surface area contributed by atoms with Gasteiger partial charge in [-0.3, -0.25) is 9.78 Å². The van der Waals surface area contributed by atoms with E-state index in [-0.39, 0.29) is 12.0 Å². The summed E-state index contributed by atoms with van der Waals surface area (Å²) in [6, 6.07) is 3.40.